The number of para-hydroxylation sites is 1. The summed E-state index contributed by atoms with van der Waals surface area (Å²) in [4.78, 5) is 12.7. The first-order valence-electron chi connectivity index (χ1n) is 9.43. The van der Waals surface area contributed by atoms with Gasteiger partial charge in [-0.2, -0.15) is 5.26 Å². The van der Waals surface area contributed by atoms with Crippen molar-refractivity contribution in [2.24, 2.45) is 0 Å². The predicted molar refractivity (Wildman–Crippen MR) is 97.5 cm³/mol. The van der Waals surface area contributed by atoms with Gasteiger partial charge in [-0.1, -0.05) is 18.2 Å². The second kappa shape index (κ2) is 6.93. The van der Waals surface area contributed by atoms with Crippen molar-refractivity contribution < 1.29 is 33.2 Å². The third kappa shape index (κ3) is 3.70. The summed E-state index contributed by atoms with van der Waals surface area (Å²) in [6, 6.07) is 10.7. The molecular formula is C20H24N2O7. The zero-order valence-electron chi connectivity index (χ0n) is 16.7. The summed E-state index contributed by atoms with van der Waals surface area (Å²) in [5.74, 6) is -1.46. The van der Waals surface area contributed by atoms with Crippen molar-refractivity contribution in [2.75, 3.05) is 6.61 Å². The topological polar surface area (TPSA) is 108 Å². The molecule has 5 atom stereocenters. The molecule has 3 aliphatic heterocycles. The van der Waals surface area contributed by atoms with E-state index in [1.807, 2.05) is 0 Å². The average molecular weight is 404 g/mol. The van der Waals surface area contributed by atoms with Crippen LogP contribution in [0.4, 0.5) is 4.79 Å². The Balaban J connectivity index is 1.61. The molecule has 9 nitrogen and oxygen atoms in total. The van der Waals surface area contributed by atoms with Gasteiger partial charge in [0.25, 0.3) is 0 Å². The quantitative estimate of drug-likeness (QED) is 0.816. The molecule has 29 heavy (non-hydrogen) atoms. The van der Waals surface area contributed by atoms with Gasteiger partial charge >= 0.3 is 6.09 Å². The van der Waals surface area contributed by atoms with Crippen molar-refractivity contribution in [1.82, 2.24) is 5.32 Å². The molecule has 1 aromatic carbocycles. The van der Waals surface area contributed by atoms with Crippen LogP contribution in [0.25, 0.3) is 0 Å². The van der Waals surface area contributed by atoms with E-state index in [2.05, 4.69) is 11.4 Å². The predicted octanol–water partition coefficient (Wildman–Crippen LogP) is 2.07. The molecule has 1 amide bonds. The molecule has 3 fully saturated rings. The molecule has 0 aliphatic carbocycles. The number of carbonyl (C=O) groups excluding carboxylic acids is 1. The number of rotatable bonds is 3. The molecule has 0 aromatic heterocycles. The van der Waals surface area contributed by atoms with Crippen molar-refractivity contribution in [2.45, 2.75) is 69.4 Å². The second-order valence-electron chi connectivity index (χ2n) is 8.16. The molecular weight excluding hydrogens is 380 g/mol. The minimum absolute atomic E-state index is 0.194. The number of hydrogen-bond donors (Lipinski definition) is 1. The minimum atomic E-state index is -1.60. The van der Waals surface area contributed by atoms with Gasteiger partial charge in [0.1, 0.15) is 18.0 Å². The number of carbonyl (C=O) groups is 1. The molecule has 3 heterocycles. The number of fused-ring (bicyclic) bond motifs is 1. The van der Waals surface area contributed by atoms with Gasteiger partial charge in [-0.25, -0.2) is 4.79 Å². The number of ether oxygens (including phenoxy) is 6. The molecule has 9 heteroatoms. The van der Waals surface area contributed by atoms with E-state index in [9.17, 15) is 10.1 Å². The molecule has 3 aliphatic rings. The van der Waals surface area contributed by atoms with Crippen LogP contribution in [0, 0.1) is 11.3 Å². The van der Waals surface area contributed by atoms with Crippen LogP contribution in [0.5, 0.6) is 5.75 Å². The van der Waals surface area contributed by atoms with Crippen LogP contribution in [-0.4, -0.2) is 54.4 Å². The van der Waals surface area contributed by atoms with E-state index in [0.717, 1.165) is 0 Å². The van der Waals surface area contributed by atoms with Crippen LogP contribution < -0.4 is 10.1 Å². The largest absolute Gasteiger partial charge is 0.414 e. The van der Waals surface area contributed by atoms with Gasteiger partial charge < -0.3 is 28.4 Å². The number of nitrogens with zero attached hydrogens (tertiary/aromatic N) is 1. The smallest absolute Gasteiger partial charge is 0.410 e. The van der Waals surface area contributed by atoms with E-state index in [-0.39, 0.29) is 6.61 Å². The van der Waals surface area contributed by atoms with Gasteiger partial charge in [-0.3, -0.25) is 5.32 Å². The fourth-order valence-corrected chi connectivity index (χ4v) is 3.88. The molecule has 3 saturated heterocycles. The van der Waals surface area contributed by atoms with Crippen LogP contribution in [0.15, 0.2) is 30.3 Å². The van der Waals surface area contributed by atoms with Crippen molar-refractivity contribution >= 4 is 6.09 Å². The van der Waals surface area contributed by atoms with Crippen molar-refractivity contribution in [3.05, 3.63) is 30.3 Å². The Morgan fingerprint density at radius 3 is 2.45 bits per heavy atom. The summed E-state index contributed by atoms with van der Waals surface area (Å²) in [5.41, 5.74) is -1.60. The lowest BCUT2D eigenvalue weighted by molar-refractivity contribution is -0.227. The molecule has 1 aromatic rings. The first kappa shape index (κ1) is 20.1. The summed E-state index contributed by atoms with van der Waals surface area (Å²) in [6.07, 6.45) is -4.02. The van der Waals surface area contributed by atoms with E-state index in [4.69, 9.17) is 28.4 Å². The number of nitrogens with one attached hydrogen (secondary N) is 1. The number of hydrogen-bond acceptors (Lipinski definition) is 8. The summed E-state index contributed by atoms with van der Waals surface area (Å²) in [6.45, 7) is 7.16. The molecule has 0 spiro atoms. The van der Waals surface area contributed by atoms with Crippen LogP contribution in [-0.2, 0) is 23.7 Å². The highest BCUT2D eigenvalue weighted by atomic mass is 16.8. The molecule has 0 unspecified atom stereocenters. The Labute approximate surface area is 168 Å². The van der Waals surface area contributed by atoms with Crippen LogP contribution in [0.1, 0.15) is 27.7 Å². The lowest BCUT2D eigenvalue weighted by Gasteiger charge is -2.35. The first-order valence-corrected chi connectivity index (χ1v) is 9.43. The van der Waals surface area contributed by atoms with Crippen LogP contribution in [0.2, 0.25) is 0 Å². The Morgan fingerprint density at radius 1 is 1.10 bits per heavy atom. The van der Waals surface area contributed by atoms with Gasteiger partial charge in [0.05, 0.1) is 12.7 Å². The third-order valence-electron chi connectivity index (χ3n) is 5.05. The average Bonchev–Trinajstić information content (AvgIpc) is 3.25. The molecule has 1 N–H and O–H groups in total. The minimum Gasteiger partial charge on any atom is -0.410 e. The Morgan fingerprint density at radius 2 is 1.83 bits per heavy atom. The third-order valence-corrected chi connectivity index (χ3v) is 5.05. The van der Waals surface area contributed by atoms with E-state index < -0.39 is 47.8 Å². The maximum Gasteiger partial charge on any atom is 0.414 e. The molecule has 0 saturated carbocycles. The van der Waals surface area contributed by atoms with Crippen LogP contribution >= 0.6 is 0 Å². The van der Waals surface area contributed by atoms with Crippen molar-refractivity contribution in [3.63, 3.8) is 0 Å². The normalized spacial score (nSPS) is 36.9. The van der Waals surface area contributed by atoms with Gasteiger partial charge in [0.2, 0.25) is 0 Å². The zero-order chi connectivity index (χ0) is 20.9. The van der Waals surface area contributed by atoms with E-state index in [0.29, 0.717) is 5.75 Å². The summed E-state index contributed by atoms with van der Waals surface area (Å²) >= 11 is 0. The summed E-state index contributed by atoms with van der Waals surface area (Å²) in [5, 5.41) is 12.8. The van der Waals surface area contributed by atoms with Gasteiger partial charge in [0, 0.05) is 0 Å². The van der Waals surface area contributed by atoms with E-state index >= 15 is 0 Å². The van der Waals surface area contributed by atoms with Gasteiger partial charge in [0.15, 0.2) is 29.5 Å². The SMILES string of the molecule is CC1(C)OC[C@H]([C@H]2O[C@@H]3OC(C)(C)O[C@@H]3[C@]2(C#N)NC(=O)Oc2ccccc2)O1. The molecule has 0 bridgehead atoms. The standard InChI is InChI=1S/C20H24N2O7/c1-18(2)24-10-13(27-18)14-20(11-21,15-16(26-14)29-19(3,4)28-15)22-17(23)25-12-8-6-5-7-9-12/h5-9,13-16H,10H2,1-4H3,(H,22,23)/t13-,14-,15+,16-,20-/m1/s1. The molecule has 156 valence electrons. The highest BCUT2D eigenvalue weighted by Crippen LogP contribution is 2.45. The number of benzene rings is 1. The van der Waals surface area contributed by atoms with E-state index in [1.54, 1.807) is 58.0 Å². The van der Waals surface area contributed by atoms with Gasteiger partial charge in [-0.05, 0) is 39.8 Å². The monoisotopic (exact) mass is 404 g/mol. The van der Waals surface area contributed by atoms with Crippen molar-refractivity contribution in [1.29, 1.82) is 5.26 Å². The molecule has 0 radical (unpaired) electrons. The summed E-state index contributed by atoms with van der Waals surface area (Å²) < 4.78 is 34.6. The highest BCUT2D eigenvalue weighted by Gasteiger charge is 2.68. The summed E-state index contributed by atoms with van der Waals surface area (Å²) in [7, 11) is 0. The maximum absolute atomic E-state index is 12.7. The Kier molecular flexibility index (Phi) is 4.80. The number of amides is 1. The van der Waals surface area contributed by atoms with Gasteiger partial charge in [-0.15, -0.1) is 0 Å². The maximum atomic E-state index is 12.7. The number of nitriles is 1. The lowest BCUT2D eigenvalue weighted by Crippen LogP contribution is -2.64. The Hall–Kier alpha value is -2.22. The van der Waals surface area contributed by atoms with Crippen LogP contribution in [0.3, 0.4) is 0 Å². The molecule has 4 rings (SSSR count). The fourth-order valence-electron chi connectivity index (χ4n) is 3.88. The zero-order valence-corrected chi connectivity index (χ0v) is 16.7. The highest BCUT2D eigenvalue weighted by molar-refractivity contribution is 5.72. The second-order valence-corrected chi connectivity index (χ2v) is 8.16. The Bertz CT molecular complexity index is 822. The van der Waals surface area contributed by atoms with E-state index in [1.165, 1.54) is 0 Å². The first-order chi connectivity index (χ1) is 13.6. The lowest BCUT2D eigenvalue weighted by atomic mass is 9.87. The fraction of sp³-hybridized carbons (Fsp3) is 0.600. The van der Waals surface area contributed by atoms with Crippen molar-refractivity contribution in [3.8, 4) is 11.8 Å².